The van der Waals surface area contributed by atoms with Gasteiger partial charge in [-0.05, 0) is 19.1 Å². The molecule has 1 unspecified atom stereocenters. The number of nitrogens with one attached hydrogen (secondary N) is 1. The Bertz CT molecular complexity index is 399. The van der Waals surface area contributed by atoms with E-state index in [0.717, 1.165) is 36.2 Å². The normalized spacial score (nSPS) is 18.6. The van der Waals surface area contributed by atoms with Gasteiger partial charge in [0.1, 0.15) is 0 Å². The first kappa shape index (κ1) is 13.7. The fourth-order valence-corrected chi connectivity index (χ4v) is 2.54. The number of hydrogen-bond acceptors (Lipinski definition) is 3. The van der Waals surface area contributed by atoms with Crippen molar-refractivity contribution in [3.63, 3.8) is 0 Å². The lowest BCUT2D eigenvalue weighted by Crippen LogP contribution is -2.48. The Balaban J connectivity index is 1.91. The highest BCUT2D eigenvalue weighted by molar-refractivity contribution is 9.10. The molecule has 18 heavy (non-hydrogen) atoms. The molecular formula is C14H19BrN2O. The zero-order chi connectivity index (χ0) is 13.0. The predicted octanol–water partition coefficient (Wildman–Crippen LogP) is 2.32. The number of hydrogen-bond donors (Lipinski definition) is 1. The number of carbonyl (C=O) groups excluding carboxylic acids is 1. The van der Waals surface area contributed by atoms with Crippen molar-refractivity contribution >= 4 is 21.7 Å². The van der Waals surface area contributed by atoms with Crippen molar-refractivity contribution in [3.8, 4) is 0 Å². The van der Waals surface area contributed by atoms with Gasteiger partial charge in [0.15, 0.2) is 5.78 Å². The quantitative estimate of drug-likeness (QED) is 0.866. The second-order valence-electron chi connectivity index (χ2n) is 4.77. The van der Waals surface area contributed by atoms with Crippen molar-refractivity contribution in [3.05, 3.63) is 34.3 Å². The summed E-state index contributed by atoms with van der Waals surface area (Å²) in [6, 6.07) is 7.93. The van der Waals surface area contributed by atoms with Gasteiger partial charge in [0.25, 0.3) is 0 Å². The van der Waals surface area contributed by atoms with Crippen molar-refractivity contribution in [1.82, 2.24) is 10.2 Å². The van der Waals surface area contributed by atoms with Crippen molar-refractivity contribution in [2.24, 2.45) is 0 Å². The van der Waals surface area contributed by atoms with E-state index in [-0.39, 0.29) is 5.78 Å². The van der Waals surface area contributed by atoms with E-state index in [9.17, 15) is 4.79 Å². The molecule has 4 heteroatoms. The molecule has 1 aliphatic rings. The Hall–Kier alpha value is -0.710. The fourth-order valence-electron chi connectivity index (χ4n) is 2.27. The molecular weight excluding hydrogens is 292 g/mol. The van der Waals surface area contributed by atoms with Gasteiger partial charge in [0.2, 0.25) is 0 Å². The molecule has 1 heterocycles. The molecule has 2 rings (SSSR count). The molecule has 0 radical (unpaired) electrons. The van der Waals surface area contributed by atoms with Crippen LogP contribution in [0.25, 0.3) is 0 Å². The second-order valence-corrected chi connectivity index (χ2v) is 5.68. The molecule has 0 amide bonds. The summed E-state index contributed by atoms with van der Waals surface area (Å²) in [6.45, 7) is 6.26. The molecule has 3 nitrogen and oxygen atoms in total. The van der Waals surface area contributed by atoms with Crippen LogP contribution < -0.4 is 5.32 Å². The van der Waals surface area contributed by atoms with Crippen LogP contribution in [0, 0.1) is 0 Å². The number of carbonyl (C=O) groups is 1. The molecule has 0 aliphatic carbocycles. The molecule has 1 saturated heterocycles. The van der Waals surface area contributed by atoms with E-state index in [0.29, 0.717) is 12.5 Å². The van der Waals surface area contributed by atoms with Gasteiger partial charge in [0.05, 0.1) is 0 Å². The maximum absolute atomic E-state index is 12.2. The van der Waals surface area contributed by atoms with Gasteiger partial charge in [-0.2, -0.15) is 0 Å². The number of benzene rings is 1. The molecule has 0 bridgehead atoms. The molecule has 1 atom stereocenters. The minimum Gasteiger partial charge on any atom is -0.314 e. The minimum absolute atomic E-state index is 0.230. The summed E-state index contributed by atoms with van der Waals surface area (Å²) in [6.07, 6.45) is 0.599. The summed E-state index contributed by atoms with van der Waals surface area (Å²) >= 11 is 3.38. The lowest BCUT2D eigenvalue weighted by atomic mass is 10.0. The summed E-state index contributed by atoms with van der Waals surface area (Å²) in [5, 5.41) is 3.33. The van der Waals surface area contributed by atoms with Crippen LogP contribution in [-0.2, 0) is 0 Å². The number of halogens is 1. The van der Waals surface area contributed by atoms with Crippen molar-refractivity contribution in [2.45, 2.75) is 19.4 Å². The first-order valence-corrected chi connectivity index (χ1v) is 7.19. The van der Waals surface area contributed by atoms with E-state index in [1.165, 1.54) is 0 Å². The third-order valence-electron chi connectivity index (χ3n) is 3.42. The smallest absolute Gasteiger partial charge is 0.164 e. The van der Waals surface area contributed by atoms with Crippen LogP contribution >= 0.6 is 15.9 Å². The largest absolute Gasteiger partial charge is 0.314 e. The number of Topliss-reactive ketones (excluding diaryl/α,β-unsaturated/α-hetero) is 1. The molecule has 1 aliphatic heterocycles. The van der Waals surface area contributed by atoms with Gasteiger partial charge in [-0.15, -0.1) is 0 Å². The van der Waals surface area contributed by atoms with Crippen LogP contribution in [0.1, 0.15) is 23.7 Å². The second kappa shape index (κ2) is 6.45. The topological polar surface area (TPSA) is 32.3 Å². The SMILES string of the molecule is CC(CC(=O)c1ccc(Br)cc1)N1CCNCC1. The predicted molar refractivity (Wildman–Crippen MR) is 77.0 cm³/mol. The Morgan fingerprint density at radius 2 is 1.94 bits per heavy atom. The maximum Gasteiger partial charge on any atom is 0.164 e. The highest BCUT2D eigenvalue weighted by Crippen LogP contribution is 2.14. The average molecular weight is 311 g/mol. The van der Waals surface area contributed by atoms with Gasteiger partial charge in [0, 0.05) is 48.7 Å². The Morgan fingerprint density at radius 3 is 2.56 bits per heavy atom. The van der Waals surface area contributed by atoms with E-state index < -0.39 is 0 Å². The maximum atomic E-state index is 12.2. The summed E-state index contributed by atoms with van der Waals surface area (Å²) in [5.74, 6) is 0.230. The molecule has 98 valence electrons. The van der Waals surface area contributed by atoms with Crippen molar-refractivity contribution < 1.29 is 4.79 Å². The lowest BCUT2D eigenvalue weighted by Gasteiger charge is -2.32. The fraction of sp³-hybridized carbons (Fsp3) is 0.500. The molecule has 1 N–H and O–H groups in total. The minimum atomic E-state index is 0.230. The van der Waals surface area contributed by atoms with E-state index in [1.807, 2.05) is 24.3 Å². The molecule has 1 fully saturated rings. The standard InChI is InChI=1S/C14H19BrN2O/c1-11(17-8-6-16-7-9-17)10-14(18)12-2-4-13(15)5-3-12/h2-5,11,16H,6-10H2,1H3. The van der Waals surface area contributed by atoms with Crippen molar-refractivity contribution in [2.75, 3.05) is 26.2 Å². The summed E-state index contributed by atoms with van der Waals surface area (Å²) in [4.78, 5) is 14.5. The van der Waals surface area contributed by atoms with Gasteiger partial charge in [-0.1, -0.05) is 28.1 Å². The van der Waals surface area contributed by atoms with Crippen LogP contribution in [0.3, 0.4) is 0 Å². The number of ketones is 1. The average Bonchev–Trinajstić information content (AvgIpc) is 2.40. The molecule has 1 aromatic carbocycles. The zero-order valence-electron chi connectivity index (χ0n) is 10.7. The van der Waals surface area contributed by atoms with E-state index in [4.69, 9.17) is 0 Å². The molecule has 0 saturated carbocycles. The summed E-state index contributed by atoms with van der Waals surface area (Å²) in [7, 11) is 0. The van der Waals surface area contributed by atoms with Crippen LogP contribution in [-0.4, -0.2) is 42.9 Å². The summed E-state index contributed by atoms with van der Waals surface area (Å²) < 4.78 is 1.01. The van der Waals surface area contributed by atoms with Crippen LogP contribution in [0.2, 0.25) is 0 Å². The third kappa shape index (κ3) is 3.64. The van der Waals surface area contributed by atoms with Crippen LogP contribution in [0.4, 0.5) is 0 Å². The number of piperazine rings is 1. The highest BCUT2D eigenvalue weighted by Gasteiger charge is 2.19. The van der Waals surface area contributed by atoms with Gasteiger partial charge in [-0.3, -0.25) is 9.69 Å². The van der Waals surface area contributed by atoms with Gasteiger partial charge >= 0.3 is 0 Å². The molecule has 1 aromatic rings. The number of rotatable bonds is 4. The molecule has 0 aromatic heterocycles. The Morgan fingerprint density at radius 1 is 1.33 bits per heavy atom. The Labute approximate surface area is 117 Å². The monoisotopic (exact) mass is 310 g/mol. The molecule has 0 spiro atoms. The zero-order valence-corrected chi connectivity index (χ0v) is 12.2. The lowest BCUT2D eigenvalue weighted by molar-refractivity contribution is 0.0918. The van der Waals surface area contributed by atoms with Gasteiger partial charge < -0.3 is 5.32 Å². The van der Waals surface area contributed by atoms with Crippen molar-refractivity contribution in [1.29, 1.82) is 0 Å². The Kier molecular flexibility index (Phi) is 4.92. The van der Waals surface area contributed by atoms with Gasteiger partial charge in [-0.25, -0.2) is 0 Å². The van der Waals surface area contributed by atoms with E-state index in [1.54, 1.807) is 0 Å². The first-order chi connectivity index (χ1) is 8.66. The third-order valence-corrected chi connectivity index (χ3v) is 3.95. The highest BCUT2D eigenvalue weighted by atomic mass is 79.9. The summed E-state index contributed by atoms with van der Waals surface area (Å²) in [5.41, 5.74) is 0.806. The van der Waals surface area contributed by atoms with E-state index in [2.05, 4.69) is 33.1 Å². The first-order valence-electron chi connectivity index (χ1n) is 6.40. The van der Waals surface area contributed by atoms with E-state index >= 15 is 0 Å². The van der Waals surface area contributed by atoms with Crippen LogP contribution in [0.15, 0.2) is 28.7 Å². The number of nitrogens with zero attached hydrogens (tertiary/aromatic N) is 1. The van der Waals surface area contributed by atoms with Crippen LogP contribution in [0.5, 0.6) is 0 Å².